The fraction of sp³-hybridized carbons (Fsp3) is 0. The Balaban J connectivity index is 0.911. The van der Waals surface area contributed by atoms with Crippen LogP contribution in [0.3, 0.4) is 0 Å². The SMILES string of the molecule is C(=Cc1ccc2cc(-c3ccc(-c4c5ccccc5c(-c5ccc(-c6ccc7cc(C=Cc8ccccc8)ccc7c6)cc5)c5c(-c6ccccc6)cccc45)cc3)ccc2c1)c1ccccc1. The van der Waals surface area contributed by atoms with Crippen LogP contribution in [0.5, 0.6) is 0 Å². The van der Waals surface area contributed by atoms with E-state index in [9.17, 15) is 0 Å². The van der Waals surface area contributed by atoms with Gasteiger partial charge >= 0.3 is 0 Å². The summed E-state index contributed by atoms with van der Waals surface area (Å²) in [4.78, 5) is 0. The maximum Gasteiger partial charge on any atom is -0.00141 e. The Labute approximate surface area is 398 Å². The predicted molar refractivity (Wildman–Crippen MR) is 294 cm³/mol. The number of benzene rings is 12. The van der Waals surface area contributed by atoms with Crippen molar-refractivity contribution in [3.05, 3.63) is 277 Å². The standard InChI is InChI=1S/C68H46/c1-4-13-47(14-5-1)23-25-49-27-29-60-45-58(41-39-56(60)43-49)51-31-35-54(36-32-51)66-63-19-10-11-20-64(63)67(68-62(21-12-22-65(66)68)53-17-8-3-9-18-53)55-37-33-52(34-38-55)59-42-40-57-44-50(28-30-61(57)46-59)26-24-48-15-6-2-7-16-48/h1-46H. The Kier molecular flexibility index (Phi) is 10.7. The number of hydrogen-bond donors (Lipinski definition) is 0. The summed E-state index contributed by atoms with van der Waals surface area (Å²) in [6.07, 6.45) is 8.72. The highest BCUT2D eigenvalue weighted by atomic mass is 14.2. The van der Waals surface area contributed by atoms with Crippen molar-refractivity contribution in [2.75, 3.05) is 0 Å². The Morgan fingerprint density at radius 3 is 1.12 bits per heavy atom. The molecule has 0 spiro atoms. The van der Waals surface area contributed by atoms with E-state index >= 15 is 0 Å². The quantitative estimate of drug-likeness (QED) is 0.100. The van der Waals surface area contributed by atoms with Gasteiger partial charge in [-0.05, 0) is 145 Å². The summed E-state index contributed by atoms with van der Waals surface area (Å²) in [5.41, 5.74) is 17.0. The highest BCUT2D eigenvalue weighted by molar-refractivity contribution is 6.24. The molecule has 0 aromatic heterocycles. The third-order valence-corrected chi connectivity index (χ3v) is 13.4. The Morgan fingerprint density at radius 2 is 0.588 bits per heavy atom. The van der Waals surface area contributed by atoms with E-state index in [1.54, 1.807) is 0 Å². The van der Waals surface area contributed by atoms with E-state index in [1.807, 2.05) is 0 Å². The smallest absolute Gasteiger partial charge is 0.00141 e. The first-order valence-corrected chi connectivity index (χ1v) is 23.5. The molecule has 0 N–H and O–H groups in total. The summed E-state index contributed by atoms with van der Waals surface area (Å²) >= 11 is 0. The minimum Gasteiger partial charge on any atom is -0.0622 e. The average molecular weight is 863 g/mol. The lowest BCUT2D eigenvalue weighted by atomic mass is 9.82. The summed E-state index contributed by atoms with van der Waals surface area (Å²) in [5.74, 6) is 0. The van der Waals surface area contributed by atoms with Crippen molar-refractivity contribution < 1.29 is 0 Å². The van der Waals surface area contributed by atoms with E-state index < -0.39 is 0 Å². The number of rotatable bonds is 9. The van der Waals surface area contributed by atoms with E-state index in [0.29, 0.717) is 0 Å². The van der Waals surface area contributed by atoms with Crippen molar-refractivity contribution in [1.82, 2.24) is 0 Å². The molecule has 0 aliphatic rings. The van der Waals surface area contributed by atoms with Gasteiger partial charge in [-0.2, -0.15) is 0 Å². The van der Waals surface area contributed by atoms with Gasteiger partial charge in [-0.15, -0.1) is 0 Å². The normalized spacial score (nSPS) is 11.7. The zero-order valence-electron chi connectivity index (χ0n) is 37.6. The van der Waals surface area contributed by atoms with Crippen LogP contribution in [0.4, 0.5) is 0 Å². The summed E-state index contributed by atoms with van der Waals surface area (Å²) in [6.45, 7) is 0. The molecule has 68 heavy (non-hydrogen) atoms. The van der Waals surface area contributed by atoms with Crippen LogP contribution in [-0.4, -0.2) is 0 Å². The maximum atomic E-state index is 2.32. The monoisotopic (exact) mass is 862 g/mol. The topological polar surface area (TPSA) is 0 Å². The van der Waals surface area contributed by atoms with Gasteiger partial charge < -0.3 is 0 Å². The van der Waals surface area contributed by atoms with Crippen molar-refractivity contribution in [2.24, 2.45) is 0 Å². The van der Waals surface area contributed by atoms with E-state index in [0.717, 1.165) is 0 Å². The maximum absolute atomic E-state index is 2.32. The Morgan fingerprint density at radius 1 is 0.206 bits per heavy atom. The van der Waals surface area contributed by atoms with E-state index in [-0.39, 0.29) is 0 Å². The van der Waals surface area contributed by atoms with Gasteiger partial charge in [0, 0.05) is 0 Å². The van der Waals surface area contributed by atoms with Gasteiger partial charge in [0.15, 0.2) is 0 Å². The molecular formula is C68H46. The molecule has 0 unspecified atom stereocenters. The lowest BCUT2D eigenvalue weighted by Crippen LogP contribution is -1.93. The van der Waals surface area contributed by atoms with Crippen molar-refractivity contribution >= 4 is 67.4 Å². The molecule has 0 nitrogen and oxygen atoms in total. The molecule has 12 aromatic rings. The molecular weight excluding hydrogens is 817 g/mol. The highest BCUT2D eigenvalue weighted by Crippen LogP contribution is 2.47. The third-order valence-electron chi connectivity index (χ3n) is 13.4. The van der Waals surface area contributed by atoms with Crippen LogP contribution in [0.25, 0.3) is 123 Å². The van der Waals surface area contributed by atoms with E-state index in [2.05, 4.69) is 279 Å². The lowest BCUT2D eigenvalue weighted by molar-refractivity contribution is 1.61. The van der Waals surface area contributed by atoms with Gasteiger partial charge in [0.2, 0.25) is 0 Å². The van der Waals surface area contributed by atoms with E-state index in [4.69, 9.17) is 0 Å². The van der Waals surface area contributed by atoms with Crippen molar-refractivity contribution in [2.45, 2.75) is 0 Å². The highest BCUT2D eigenvalue weighted by Gasteiger charge is 2.20. The van der Waals surface area contributed by atoms with E-state index in [1.165, 1.54) is 121 Å². The second kappa shape index (κ2) is 17.9. The lowest BCUT2D eigenvalue weighted by Gasteiger charge is -2.20. The number of hydrogen-bond acceptors (Lipinski definition) is 0. The van der Waals surface area contributed by atoms with Crippen molar-refractivity contribution in [3.8, 4) is 55.6 Å². The molecule has 0 amide bonds. The van der Waals surface area contributed by atoms with Crippen LogP contribution in [-0.2, 0) is 0 Å². The Bertz CT molecular complexity index is 3840. The molecule has 12 aromatic carbocycles. The summed E-state index contributed by atoms with van der Waals surface area (Å²) in [6, 6.07) is 93.1. The molecule has 0 atom stereocenters. The molecule has 0 aliphatic heterocycles. The minimum atomic E-state index is 1.19. The van der Waals surface area contributed by atoms with Gasteiger partial charge in [-0.1, -0.05) is 255 Å². The van der Waals surface area contributed by atoms with Crippen molar-refractivity contribution in [1.29, 1.82) is 0 Å². The molecule has 12 rings (SSSR count). The molecule has 0 bridgehead atoms. The minimum absolute atomic E-state index is 1.19. The van der Waals surface area contributed by atoms with Crippen LogP contribution in [0.15, 0.2) is 255 Å². The summed E-state index contributed by atoms with van der Waals surface area (Å²) in [5, 5.41) is 9.92. The van der Waals surface area contributed by atoms with Gasteiger partial charge in [-0.25, -0.2) is 0 Å². The second-order valence-corrected chi connectivity index (χ2v) is 17.7. The van der Waals surface area contributed by atoms with Crippen LogP contribution in [0.1, 0.15) is 22.3 Å². The molecule has 0 aliphatic carbocycles. The molecule has 0 radical (unpaired) electrons. The van der Waals surface area contributed by atoms with Gasteiger partial charge in [0.25, 0.3) is 0 Å². The van der Waals surface area contributed by atoms with Crippen molar-refractivity contribution in [3.63, 3.8) is 0 Å². The van der Waals surface area contributed by atoms with Crippen LogP contribution in [0, 0.1) is 0 Å². The fourth-order valence-corrected chi connectivity index (χ4v) is 9.96. The average Bonchev–Trinajstić information content (AvgIpc) is 3.41. The summed E-state index contributed by atoms with van der Waals surface area (Å²) < 4.78 is 0. The first-order valence-electron chi connectivity index (χ1n) is 23.5. The number of fused-ring (bicyclic) bond motifs is 4. The first-order chi connectivity index (χ1) is 33.7. The van der Waals surface area contributed by atoms with Gasteiger partial charge in [0.05, 0.1) is 0 Å². The molecule has 0 heteroatoms. The third kappa shape index (κ3) is 8.00. The molecule has 0 saturated carbocycles. The first kappa shape index (κ1) is 40.7. The van der Waals surface area contributed by atoms with Crippen LogP contribution < -0.4 is 0 Å². The van der Waals surface area contributed by atoms with Crippen LogP contribution in [0.2, 0.25) is 0 Å². The van der Waals surface area contributed by atoms with Gasteiger partial charge in [-0.3, -0.25) is 0 Å². The fourth-order valence-electron chi connectivity index (χ4n) is 9.96. The molecule has 0 saturated heterocycles. The van der Waals surface area contributed by atoms with Gasteiger partial charge in [0.1, 0.15) is 0 Å². The largest absolute Gasteiger partial charge is 0.0622 e. The molecule has 0 fully saturated rings. The van der Waals surface area contributed by atoms with Crippen LogP contribution >= 0.6 is 0 Å². The second-order valence-electron chi connectivity index (χ2n) is 17.7. The zero-order chi connectivity index (χ0) is 45.2. The molecule has 0 heterocycles. The molecule has 318 valence electrons. The summed E-state index contributed by atoms with van der Waals surface area (Å²) in [7, 11) is 0. The zero-order valence-corrected chi connectivity index (χ0v) is 37.6. The Hall–Kier alpha value is -8.84. The predicted octanol–water partition coefficient (Wildman–Crippen LogP) is 19.0.